The molecular formula is C21H28N2O3. The molecule has 0 atom stereocenters. The minimum Gasteiger partial charge on any atom is -0.495 e. The number of nitrogens with zero attached hydrogens (tertiary/aromatic N) is 2. The normalized spacial score (nSPS) is 12.2. The standard InChI is InChI=1S/C21H28N2O3/c1-7-8-17(20(24)26-21(3,4)5)11-16-9-10-18(19(12-16)25-6)23-13-15(2)22-14-23/h9-14H,7-8H2,1-6H3. The van der Waals surface area contributed by atoms with Gasteiger partial charge < -0.3 is 14.0 Å². The zero-order chi connectivity index (χ0) is 19.3. The monoisotopic (exact) mass is 356 g/mol. The van der Waals surface area contributed by atoms with Gasteiger partial charge in [-0.05, 0) is 57.9 Å². The van der Waals surface area contributed by atoms with E-state index in [9.17, 15) is 4.79 Å². The molecule has 0 aliphatic rings. The van der Waals surface area contributed by atoms with Crippen LogP contribution in [0, 0.1) is 6.92 Å². The topological polar surface area (TPSA) is 53.4 Å². The highest BCUT2D eigenvalue weighted by molar-refractivity contribution is 5.94. The number of ether oxygens (including phenoxy) is 2. The fourth-order valence-corrected chi connectivity index (χ4v) is 2.60. The molecule has 0 unspecified atom stereocenters. The number of methoxy groups -OCH3 is 1. The number of carbonyl (C=O) groups is 1. The van der Waals surface area contributed by atoms with E-state index < -0.39 is 5.60 Å². The lowest BCUT2D eigenvalue weighted by Gasteiger charge is -2.20. The van der Waals surface area contributed by atoms with Crippen LogP contribution < -0.4 is 4.74 Å². The van der Waals surface area contributed by atoms with Crippen molar-refractivity contribution in [1.82, 2.24) is 9.55 Å². The van der Waals surface area contributed by atoms with Crippen LogP contribution in [0.5, 0.6) is 5.75 Å². The number of benzene rings is 1. The van der Waals surface area contributed by atoms with Crippen molar-refractivity contribution in [2.75, 3.05) is 7.11 Å². The second kappa shape index (κ2) is 8.21. The molecule has 1 aromatic carbocycles. The van der Waals surface area contributed by atoms with Crippen molar-refractivity contribution < 1.29 is 14.3 Å². The molecule has 0 aliphatic carbocycles. The summed E-state index contributed by atoms with van der Waals surface area (Å²) in [5.74, 6) is 0.448. The van der Waals surface area contributed by atoms with Crippen LogP contribution >= 0.6 is 0 Å². The van der Waals surface area contributed by atoms with Crippen LogP contribution in [0.1, 0.15) is 51.8 Å². The van der Waals surface area contributed by atoms with Gasteiger partial charge in [0.2, 0.25) is 0 Å². The summed E-state index contributed by atoms with van der Waals surface area (Å²) < 4.78 is 13.0. The number of aromatic nitrogens is 2. The third-order valence-electron chi connectivity index (χ3n) is 3.71. The van der Waals surface area contributed by atoms with Gasteiger partial charge >= 0.3 is 5.97 Å². The largest absolute Gasteiger partial charge is 0.495 e. The van der Waals surface area contributed by atoms with Crippen LogP contribution in [0.25, 0.3) is 11.8 Å². The van der Waals surface area contributed by atoms with Crippen molar-refractivity contribution in [3.05, 3.63) is 47.6 Å². The van der Waals surface area contributed by atoms with Gasteiger partial charge in [-0.25, -0.2) is 9.78 Å². The number of imidazole rings is 1. The maximum absolute atomic E-state index is 12.5. The van der Waals surface area contributed by atoms with Gasteiger partial charge in [-0.1, -0.05) is 19.4 Å². The fraction of sp³-hybridized carbons (Fsp3) is 0.429. The maximum Gasteiger partial charge on any atom is 0.334 e. The first-order valence-corrected chi connectivity index (χ1v) is 8.86. The van der Waals surface area contributed by atoms with E-state index in [2.05, 4.69) is 4.98 Å². The average Bonchev–Trinajstić information content (AvgIpc) is 2.99. The molecule has 140 valence electrons. The lowest BCUT2D eigenvalue weighted by molar-refractivity contribution is -0.149. The molecule has 0 bridgehead atoms. The second-order valence-electron chi connectivity index (χ2n) is 7.28. The highest BCUT2D eigenvalue weighted by Gasteiger charge is 2.19. The number of esters is 1. The quantitative estimate of drug-likeness (QED) is 0.555. The highest BCUT2D eigenvalue weighted by Crippen LogP contribution is 2.26. The molecule has 1 aromatic heterocycles. The summed E-state index contributed by atoms with van der Waals surface area (Å²) >= 11 is 0. The Morgan fingerprint density at radius 3 is 2.58 bits per heavy atom. The van der Waals surface area contributed by atoms with Crippen LogP contribution in [-0.4, -0.2) is 28.2 Å². The Labute approximate surface area is 155 Å². The Hall–Kier alpha value is -2.56. The molecule has 5 heteroatoms. The van der Waals surface area contributed by atoms with Gasteiger partial charge in [0, 0.05) is 11.8 Å². The van der Waals surface area contributed by atoms with Crippen LogP contribution in [0.4, 0.5) is 0 Å². The van der Waals surface area contributed by atoms with Crippen molar-refractivity contribution in [3.63, 3.8) is 0 Å². The summed E-state index contributed by atoms with van der Waals surface area (Å²) in [6, 6.07) is 5.85. The Bertz CT molecular complexity index is 798. The first-order chi connectivity index (χ1) is 12.2. The van der Waals surface area contributed by atoms with Crippen molar-refractivity contribution in [2.24, 2.45) is 0 Å². The second-order valence-corrected chi connectivity index (χ2v) is 7.28. The van der Waals surface area contributed by atoms with Gasteiger partial charge in [-0.3, -0.25) is 0 Å². The smallest absolute Gasteiger partial charge is 0.334 e. The molecule has 1 heterocycles. The Kier molecular flexibility index (Phi) is 6.24. The molecule has 2 rings (SSSR count). The maximum atomic E-state index is 12.5. The minimum atomic E-state index is -0.509. The van der Waals surface area contributed by atoms with Crippen molar-refractivity contribution in [3.8, 4) is 11.4 Å². The van der Waals surface area contributed by atoms with Crippen LogP contribution in [0.15, 0.2) is 36.3 Å². The SMILES string of the molecule is CCCC(=Cc1ccc(-n2cnc(C)c2)c(OC)c1)C(=O)OC(C)(C)C. The van der Waals surface area contributed by atoms with Gasteiger partial charge in [0.15, 0.2) is 0 Å². The molecular weight excluding hydrogens is 328 g/mol. The first-order valence-electron chi connectivity index (χ1n) is 8.86. The number of hydrogen-bond donors (Lipinski definition) is 0. The van der Waals surface area contributed by atoms with Gasteiger partial charge in [0.05, 0.1) is 24.8 Å². The molecule has 0 aliphatic heterocycles. The van der Waals surface area contributed by atoms with Crippen LogP contribution in [0.2, 0.25) is 0 Å². The fourth-order valence-electron chi connectivity index (χ4n) is 2.60. The van der Waals surface area contributed by atoms with Crippen molar-refractivity contribution in [2.45, 2.75) is 53.1 Å². The number of rotatable bonds is 6. The molecule has 0 amide bonds. The zero-order valence-electron chi connectivity index (χ0n) is 16.5. The summed E-state index contributed by atoms with van der Waals surface area (Å²) in [4.78, 5) is 16.7. The number of hydrogen-bond acceptors (Lipinski definition) is 4. The van der Waals surface area contributed by atoms with E-state index in [0.29, 0.717) is 12.0 Å². The van der Waals surface area contributed by atoms with E-state index in [0.717, 1.165) is 29.1 Å². The predicted molar refractivity (Wildman–Crippen MR) is 104 cm³/mol. The van der Waals surface area contributed by atoms with E-state index in [1.54, 1.807) is 13.4 Å². The minimum absolute atomic E-state index is 0.271. The molecule has 0 radical (unpaired) electrons. The summed E-state index contributed by atoms with van der Waals surface area (Å²) in [5.41, 5.74) is 2.89. The number of aryl methyl sites for hydroxylation is 1. The number of carbonyl (C=O) groups excluding carboxylic acids is 1. The van der Waals surface area contributed by atoms with E-state index >= 15 is 0 Å². The summed E-state index contributed by atoms with van der Waals surface area (Å²) in [6.45, 7) is 9.61. The molecule has 0 N–H and O–H groups in total. The summed E-state index contributed by atoms with van der Waals surface area (Å²) in [5, 5.41) is 0. The third kappa shape index (κ3) is 5.22. The summed E-state index contributed by atoms with van der Waals surface area (Å²) in [7, 11) is 1.64. The Morgan fingerprint density at radius 2 is 2.04 bits per heavy atom. The van der Waals surface area contributed by atoms with Crippen molar-refractivity contribution >= 4 is 12.0 Å². The van der Waals surface area contributed by atoms with Gasteiger partial charge in [-0.2, -0.15) is 0 Å². The van der Waals surface area contributed by atoms with Crippen LogP contribution in [-0.2, 0) is 9.53 Å². The van der Waals surface area contributed by atoms with Crippen molar-refractivity contribution in [1.29, 1.82) is 0 Å². The van der Waals surface area contributed by atoms with Crippen LogP contribution in [0.3, 0.4) is 0 Å². The molecule has 0 fully saturated rings. The molecule has 2 aromatic rings. The highest BCUT2D eigenvalue weighted by atomic mass is 16.6. The van der Waals surface area contributed by atoms with Gasteiger partial charge in [0.25, 0.3) is 0 Å². The molecule has 26 heavy (non-hydrogen) atoms. The molecule has 0 saturated heterocycles. The molecule has 5 nitrogen and oxygen atoms in total. The lowest BCUT2D eigenvalue weighted by atomic mass is 10.1. The zero-order valence-corrected chi connectivity index (χ0v) is 16.5. The molecule has 0 spiro atoms. The van der Waals surface area contributed by atoms with E-state index in [-0.39, 0.29) is 5.97 Å². The lowest BCUT2D eigenvalue weighted by Crippen LogP contribution is -2.24. The summed E-state index contributed by atoms with van der Waals surface area (Å²) in [6.07, 6.45) is 7.11. The molecule has 0 saturated carbocycles. The third-order valence-corrected chi connectivity index (χ3v) is 3.71. The predicted octanol–water partition coefficient (Wildman–Crippen LogP) is 4.71. The van der Waals surface area contributed by atoms with Gasteiger partial charge in [0.1, 0.15) is 11.4 Å². The Balaban J connectivity index is 2.36. The van der Waals surface area contributed by atoms with E-state index in [1.165, 1.54) is 0 Å². The van der Waals surface area contributed by atoms with E-state index in [4.69, 9.17) is 9.47 Å². The Morgan fingerprint density at radius 1 is 1.31 bits per heavy atom. The van der Waals surface area contributed by atoms with Gasteiger partial charge in [-0.15, -0.1) is 0 Å². The first kappa shape index (κ1) is 19.8. The van der Waals surface area contributed by atoms with E-state index in [1.807, 2.05) is 69.7 Å². The average molecular weight is 356 g/mol.